The number of primary amides is 1. The summed E-state index contributed by atoms with van der Waals surface area (Å²) in [5.74, 6) is 0.278. The van der Waals surface area contributed by atoms with Crippen molar-refractivity contribution in [3.8, 4) is 5.75 Å². The number of primary sulfonamides is 1. The van der Waals surface area contributed by atoms with Crippen LogP contribution in [0.4, 0.5) is 0 Å². The number of hydrogen-bond acceptors (Lipinski definition) is 4. The van der Waals surface area contributed by atoms with E-state index < -0.39 is 10.0 Å². The monoisotopic (exact) mass is 286 g/mol. The van der Waals surface area contributed by atoms with Gasteiger partial charge in [0.25, 0.3) is 0 Å². The van der Waals surface area contributed by atoms with E-state index in [2.05, 4.69) is 0 Å². The fraction of sp³-hybridized carbons (Fsp3) is 0.417. The molecule has 4 N–H and O–H groups in total. The van der Waals surface area contributed by atoms with Crippen molar-refractivity contribution in [2.75, 3.05) is 6.61 Å². The highest BCUT2D eigenvalue weighted by molar-refractivity contribution is 7.89. The van der Waals surface area contributed by atoms with E-state index in [9.17, 15) is 13.2 Å². The van der Waals surface area contributed by atoms with Gasteiger partial charge in [-0.3, -0.25) is 4.79 Å². The van der Waals surface area contributed by atoms with Gasteiger partial charge >= 0.3 is 0 Å². The molecule has 19 heavy (non-hydrogen) atoms. The summed E-state index contributed by atoms with van der Waals surface area (Å²) >= 11 is 0. The third-order valence-electron chi connectivity index (χ3n) is 2.55. The molecular formula is C12H18N2O4S. The van der Waals surface area contributed by atoms with Gasteiger partial charge in [-0.15, -0.1) is 0 Å². The molecule has 7 heteroatoms. The lowest BCUT2D eigenvalue weighted by Gasteiger charge is -2.09. The summed E-state index contributed by atoms with van der Waals surface area (Å²) in [6.45, 7) is 2.19. The Kier molecular flexibility index (Phi) is 5.31. The molecule has 0 saturated heterocycles. The maximum absolute atomic E-state index is 11.2. The van der Waals surface area contributed by atoms with E-state index in [1.165, 1.54) is 12.1 Å². The van der Waals surface area contributed by atoms with E-state index in [1.807, 2.05) is 0 Å². The molecule has 0 aromatic heterocycles. The Morgan fingerprint density at radius 2 is 2.00 bits per heavy atom. The van der Waals surface area contributed by atoms with Crippen LogP contribution in [0.15, 0.2) is 23.1 Å². The molecule has 0 radical (unpaired) electrons. The number of benzene rings is 1. The van der Waals surface area contributed by atoms with Crippen LogP contribution in [-0.4, -0.2) is 20.9 Å². The van der Waals surface area contributed by atoms with E-state index in [1.54, 1.807) is 13.0 Å². The van der Waals surface area contributed by atoms with Crippen LogP contribution in [-0.2, 0) is 14.8 Å². The van der Waals surface area contributed by atoms with Gasteiger partial charge in [-0.05, 0) is 43.5 Å². The van der Waals surface area contributed by atoms with E-state index in [4.69, 9.17) is 15.6 Å². The molecular weight excluding hydrogens is 268 g/mol. The van der Waals surface area contributed by atoms with E-state index in [-0.39, 0.29) is 10.8 Å². The van der Waals surface area contributed by atoms with Crippen molar-refractivity contribution in [3.63, 3.8) is 0 Å². The number of sulfonamides is 1. The maximum atomic E-state index is 11.2. The molecule has 1 aromatic rings. The normalized spacial score (nSPS) is 11.3. The highest BCUT2D eigenvalue weighted by atomic mass is 32.2. The molecule has 1 aromatic carbocycles. The highest BCUT2D eigenvalue weighted by Crippen LogP contribution is 2.21. The summed E-state index contributed by atoms with van der Waals surface area (Å²) in [6, 6.07) is 4.44. The second-order valence-corrected chi connectivity index (χ2v) is 5.81. The van der Waals surface area contributed by atoms with Crippen LogP contribution in [0.3, 0.4) is 0 Å². The van der Waals surface area contributed by atoms with Gasteiger partial charge in [-0.25, -0.2) is 13.6 Å². The number of hydrogen-bond donors (Lipinski definition) is 2. The van der Waals surface area contributed by atoms with E-state index in [0.717, 1.165) is 0 Å². The first kappa shape index (κ1) is 15.5. The topological polar surface area (TPSA) is 112 Å². The van der Waals surface area contributed by atoms with Crippen molar-refractivity contribution >= 4 is 15.9 Å². The summed E-state index contributed by atoms with van der Waals surface area (Å²) in [7, 11) is -3.69. The van der Waals surface area contributed by atoms with Crippen molar-refractivity contribution < 1.29 is 17.9 Å². The molecule has 106 valence electrons. The summed E-state index contributed by atoms with van der Waals surface area (Å²) in [5.41, 5.74) is 5.71. The Morgan fingerprint density at radius 1 is 1.32 bits per heavy atom. The quantitative estimate of drug-likeness (QED) is 0.717. The number of amides is 1. The molecule has 0 aliphatic carbocycles. The zero-order chi connectivity index (χ0) is 14.5. The van der Waals surface area contributed by atoms with Gasteiger partial charge in [0.05, 0.1) is 11.5 Å². The smallest absolute Gasteiger partial charge is 0.238 e. The third-order valence-corrected chi connectivity index (χ3v) is 3.46. The summed E-state index contributed by atoms with van der Waals surface area (Å²) < 4.78 is 27.8. The second-order valence-electron chi connectivity index (χ2n) is 4.24. The van der Waals surface area contributed by atoms with Gasteiger partial charge in [0, 0.05) is 6.42 Å². The average molecular weight is 286 g/mol. The first-order valence-electron chi connectivity index (χ1n) is 5.85. The van der Waals surface area contributed by atoms with Gasteiger partial charge < -0.3 is 10.5 Å². The molecule has 6 nitrogen and oxygen atoms in total. The van der Waals surface area contributed by atoms with Crippen LogP contribution >= 0.6 is 0 Å². The third kappa shape index (κ3) is 5.27. The molecule has 0 atom stereocenters. The maximum Gasteiger partial charge on any atom is 0.238 e. The Morgan fingerprint density at radius 3 is 2.53 bits per heavy atom. The molecule has 1 amide bonds. The number of nitrogens with two attached hydrogens (primary N) is 2. The fourth-order valence-corrected chi connectivity index (χ4v) is 2.14. The lowest BCUT2D eigenvalue weighted by atomic mass is 10.2. The van der Waals surface area contributed by atoms with Crippen molar-refractivity contribution in [3.05, 3.63) is 23.8 Å². The van der Waals surface area contributed by atoms with Crippen LogP contribution in [0.2, 0.25) is 0 Å². The number of aryl methyl sites for hydroxylation is 1. The predicted octanol–water partition coefficient (Wildman–Crippen LogP) is 0.677. The van der Waals surface area contributed by atoms with Crippen molar-refractivity contribution in [2.45, 2.75) is 31.1 Å². The Balaban J connectivity index is 2.54. The number of ether oxygens (including phenoxy) is 1. The predicted molar refractivity (Wildman–Crippen MR) is 71.1 cm³/mol. The Hall–Kier alpha value is -1.60. The summed E-state index contributed by atoms with van der Waals surface area (Å²) in [5, 5.41) is 5.03. The number of unbranched alkanes of at least 4 members (excludes halogenated alkanes) is 1. The largest absolute Gasteiger partial charge is 0.493 e. The molecule has 0 aliphatic rings. The minimum atomic E-state index is -3.69. The van der Waals surface area contributed by atoms with Gasteiger partial charge in [0.15, 0.2) is 0 Å². The van der Waals surface area contributed by atoms with Crippen LogP contribution < -0.4 is 15.6 Å². The molecule has 0 aliphatic heterocycles. The Bertz CT molecular complexity index is 555. The molecule has 0 unspecified atom stereocenters. The summed E-state index contributed by atoms with van der Waals surface area (Å²) in [4.78, 5) is 10.6. The first-order valence-corrected chi connectivity index (χ1v) is 7.40. The van der Waals surface area contributed by atoms with Gasteiger partial charge in [0.2, 0.25) is 15.9 Å². The number of carbonyl (C=O) groups is 1. The first-order chi connectivity index (χ1) is 8.80. The van der Waals surface area contributed by atoms with Crippen molar-refractivity contribution in [1.82, 2.24) is 0 Å². The van der Waals surface area contributed by atoms with Gasteiger partial charge in [-0.2, -0.15) is 0 Å². The van der Waals surface area contributed by atoms with Crippen LogP contribution in [0, 0.1) is 6.92 Å². The number of carbonyl (C=O) groups excluding carboxylic acids is 1. The average Bonchev–Trinajstić information content (AvgIpc) is 2.28. The van der Waals surface area contributed by atoms with Gasteiger partial charge in [0.1, 0.15) is 5.75 Å². The number of rotatable bonds is 7. The molecule has 0 heterocycles. The molecule has 0 fully saturated rings. The molecule has 1 rings (SSSR count). The summed E-state index contributed by atoms with van der Waals surface area (Å²) in [6.07, 6.45) is 1.72. The second kappa shape index (κ2) is 6.53. The lowest BCUT2D eigenvalue weighted by molar-refractivity contribution is -0.118. The minimum absolute atomic E-state index is 0.0612. The van der Waals surface area contributed by atoms with E-state index >= 15 is 0 Å². The molecule has 0 spiro atoms. The van der Waals surface area contributed by atoms with Gasteiger partial charge in [-0.1, -0.05) is 0 Å². The SMILES string of the molecule is Cc1cc(S(N)(=O)=O)ccc1OCCCCC(N)=O. The van der Waals surface area contributed by atoms with Crippen LogP contribution in [0.5, 0.6) is 5.75 Å². The zero-order valence-electron chi connectivity index (χ0n) is 10.8. The fourth-order valence-electron chi connectivity index (χ4n) is 1.54. The van der Waals surface area contributed by atoms with Crippen molar-refractivity contribution in [2.24, 2.45) is 10.9 Å². The Labute approximate surface area is 112 Å². The van der Waals surface area contributed by atoms with Crippen molar-refractivity contribution in [1.29, 1.82) is 0 Å². The van der Waals surface area contributed by atoms with Crippen LogP contribution in [0.25, 0.3) is 0 Å². The molecule has 0 saturated carbocycles. The van der Waals surface area contributed by atoms with E-state index in [0.29, 0.717) is 37.2 Å². The minimum Gasteiger partial charge on any atom is -0.493 e. The zero-order valence-corrected chi connectivity index (χ0v) is 11.6. The van der Waals surface area contributed by atoms with Crippen LogP contribution in [0.1, 0.15) is 24.8 Å². The standard InChI is InChI=1S/C12H18N2O4S/c1-9-8-10(19(14,16)17)5-6-11(9)18-7-3-2-4-12(13)15/h5-6,8H,2-4,7H2,1H3,(H2,13,15)(H2,14,16,17). The lowest BCUT2D eigenvalue weighted by Crippen LogP contribution is -2.12. The molecule has 0 bridgehead atoms. The highest BCUT2D eigenvalue weighted by Gasteiger charge is 2.09.